The molecule has 2 aliphatic heterocycles. The Morgan fingerprint density at radius 2 is 2.19 bits per heavy atom. The number of nitrogens with one attached hydrogen (secondary N) is 1. The lowest BCUT2D eigenvalue weighted by Crippen LogP contribution is -2.71. The number of nitrogens with zero attached hydrogens (tertiary/aromatic N) is 4. The molecule has 1 aromatic heterocycles. The molecule has 0 aromatic carbocycles. The Hall–Kier alpha value is -3.50. The number of likely N-dealkylation sites (N-methyl/N-ethyl adjacent to an activating group) is 1. The summed E-state index contributed by atoms with van der Waals surface area (Å²) in [5.74, 6) is -2.94. The molecule has 0 bridgehead atoms. The number of aromatic nitrogens is 1. The number of thioether (sulfide) groups is 1. The molecule has 1 aromatic rings. The van der Waals surface area contributed by atoms with Gasteiger partial charge in [0, 0.05) is 11.1 Å². The monoisotopic (exact) mass is 556 g/mol. The second-order valence-electron chi connectivity index (χ2n) is 8.43. The van der Waals surface area contributed by atoms with Gasteiger partial charge in [-0.25, -0.2) is 14.2 Å². The molecule has 3 amide bonds. The Morgan fingerprint density at radius 3 is 2.76 bits per heavy atom. The molecule has 6 N–H and O–H groups in total. The Balaban J connectivity index is 1.76. The fourth-order valence-electron chi connectivity index (χ4n) is 3.80. The number of carboxylic acid groups (broad SMARTS) is 1. The zero-order chi connectivity index (χ0) is 27.3. The average Bonchev–Trinajstić information content (AvgIpc) is 3.27. The number of hydrogen-bond acceptors (Lipinski definition) is 10. The van der Waals surface area contributed by atoms with Crippen molar-refractivity contribution in [2.75, 3.05) is 45.0 Å². The molecule has 13 nitrogen and oxygen atoms in total. The Bertz CT molecular complexity index is 1190. The van der Waals surface area contributed by atoms with Gasteiger partial charge in [0.25, 0.3) is 24.6 Å². The van der Waals surface area contributed by atoms with Gasteiger partial charge >= 0.3 is 5.97 Å². The Kier molecular flexibility index (Phi) is 8.88. The summed E-state index contributed by atoms with van der Waals surface area (Å²) in [5.41, 5.74) is 10.8. The van der Waals surface area contributed by atoms with Gasteiger partial charge in [0.15, 0.2) is 17.4 Å². The van der Waals surface area contributed by atoms with Crippen LogP contribution in [0.3, 0.4) is 0 Å². The number of thiazole rings is 1. The number of halogens is 1. The topological polar surface area (TPSA) is 190 Å². The van der Waals surface area contributed by atoms with Gasteiger partial charge in [-0.2, -0.15) is 0 Å². The lowest BCUT2D eigenvalue weighted by Gasteiger charge is -2.49. The minimum atomic E-state index is -1.29. The highest BCUT2D eigenvalue weighted by atomic mass is 32.2. The van der Waals surface area contributed by atoms with E-state index >= 15 is 0 Å². The number of oxime groups is 1. The highest BCUT2D eigenvalue weighted by Gasteiger charge is 2.54. The van der Waals surface area contributed by atoms with Crippen LogP contribution < -0.4 is 16.8 Å². The van der Waals surface area contributed by atoms with Crippen LogP contribution in [-0.4, -0.2) is 99.6 Å². The number of allylic oxidation sites excluding steroid dienone is 1. The van der Waals surface area contributed by atoms with Gasteiger partial charge in [-0.3, -0.25) is 19.3 Å². The summed E-state index contributed by atoms with van der Waals surface area (Å²) in [5, 5.41) is 16.7. The van der Waals surface area contributed by atoms with Crippen molar-refractivity contribution in [2.45, 2.75) is 18.3 Å². The largest absolute Gasteiger partial charge is 0.477 e. The molecule has 1 fully saturated rings. The summed E-state index contributed by atoms with van der Waals surface area (Å²) < 4.78 is 12.8. The van der Waals surface area contributed by atoms with Crippen LogP contribution in [0.1, 0.15) is 12.6 Å². The number of carboxylic acids is 1. The van der Waals surface area contributed by atoms with Gasteiger partial charge < -0.3 is 31.2 Å². The van der Waals surface area contributed by atoms with Crippen LogP contribution in [0.4, 0.5) is 9.52 Å². The normalized spacial score (nSPS) is 21.3. The van der Waals surface area contributed by atoms with E-state index in [1.165, 1.54) is 17.1 Å². The van der Waals surface area contributed by atoms with Crippen LogP contribution in [0.25, 0.3) is 0 Å². The Labute approximate surface area is 219 Å². The molecule has 0 saturated carbocycles. The van der Waals surface area contributed by atoms with E-state index in [1.807, 2.05) is 14.0 Å². The molecule has 0 spiro atoms. The van der Waals surface area contributed by atoms with E-state index in [-0.39, 0.29) is 34.5 Å². The molecule has 3 atom stereocenters. The predicted molar refractivity (Wildman–Crippen MR) is 135 cm³/mol. The number of nitrogens with two attached hydrogens (primary N) is 2. The van der Waals surface area contributed by atoms with Gasteiger partial charge in [0.1, 0.15) is 22.8 Å². The van der Waals surface area contributed by atoms with Gasteiger partial charge in [-0.05, 0) is 18.6 Å². The molecule has 37 heavy (non-hydrogen) atoms. The van der Waals surface area contributed by atoms with Gasteiger partial charge in [-0.1, -0.05) is 11.2 Å². The summed E-state index contributed by atoms with van der Waals surface area (Å²) in [6.07, 6.45) is 3.38. The van der Waals surface area contributed by atoms with Crippen LogP contribution in [0.2, 0.25) is 0 Å². The van der Waals surface area contributed by atoms with Crippen LogP contribution >= 0.6 is 23.1 Å². The minimum Gasteiger partial charge on any atom is -0.477 e. The number of fused-ring (bicyclic) bond motifs is 1. The van der Waals surface area contributed by atoms with E-state index in [0.717, 1.165) is 16.2 Å². The molecular weight excluding hydrogens is 529 g/mol. The van der Waals surface area contributed by atoms with Crippen molar-refractivity contribution in [1.82, 2.24) is 15.2 Å². The maximum Gasteiger partial charge on any atom is 0.352 e. The zero-order valence-electron chi connectivity index (χ0n) is 20.0. The van der Waals surface area contributed by atoms with Crippen LogP contribution in [-0.2, 0) is 24.0 Å². The van der Waals surface area contributed by atoms with E-state index in [0.29, 0.717) is 23.1 Å². The number of primary amides is 1. The number of anilines is 1. The molecule has 2 aliphatic rings. The van der Waals surface area contributed by atoms with Crippen LogP contribution in [0.15, 0.2) is 34.0 Å². The standard InChI is InChI=1S/C21H26FN7O6S2/c1-3-29(2,7-13(23)30)6-4-5-11-8-36-19-15(18(32)28(19)16(11)20(33)34)26-17(31)14(27-35-10-22)12-9-37-21(24)25-12/h4-5,9,15,19H,3,6-8,10H2,1-2H3,(H5-,23,24,25,26,30,31,33,34)/p+1/b5-4+,27-14+. The number of carbonyl (C=O) groups is 4. The summed E-state index contributed by atoms with van der Waals surface area (Å²) in [4.78, 5) is 58.6. The highest BCUT2D eigenvalue weighted by Crippen LogP contribution is 2.40. The van der Waals surface area contributed by atoms with Crippen molar-refractivity contribution >= 4 is 57.6 Å². The van der Waals surface area contributed by atoms with E-state index in [2.05, 4.69) is 20.3 Å². The first kappa shape index (κ1) is 28.1. The molecule has 3 unspecified atom stereocenters. The highest BCUT2D eigenvalue weighted by molar-refractivity contribution is 8.00. The average molecular weight is 557 g/mol. The molecule has 0 radical (unpaired) electrons. The van der Waals surface area contributed by atoms with Crippen molar-refractivity contribution in [3.8, 4) is 0 Å². The molecule has 16 heteroatoms. The maximum absolute atomic E-state index is 12.9. The number of rotatable bonds is 12. The van der Waals surface area contributed by atoms with Crippen molar-refractivity contribution in [1.29, 1.82) is 0 Å². The van der Waals surface area contributed by atoms with E-state index in [4.69, 9.17) is 11.5 Å². The van der Waals surface area contributed by atoms with Crippen molar-refractivity contribution in [2.24, 2.45) is 10.9 Å². The third kappa shape index (κ3) is 6.26. The lowest BCUT2D eigenvalue weighted by atomic mass is 10.0. The van der Waals surface area contributed by atoms with Gasteiger partial charge in [0.05, 0.1) is 20.1 Å². The zero-order valence-corrected chi connectivity index (χ0v) is 21.7. The summed E-state index contributed by atoms with van der Waals surface area (Å²) in [6.45, 7) is 1.82. The second-order valence-corrected chi connectivity index (χ2v) is 10.4. The maximum atomic E-state index is 12.9. The SMILES string of the molecule is CC[N+](C)(C/C=C/C1=C(C(=O)O)N2C(=O)C(NC(=O)/C(=N/OCF)c3csc(N)n3)C2SC1)CC(N)=O. The quantitative estimate of drug-likeness (QED) is 0.115. The predicted octanol–water partition coefficient (Wildman–Crippen LogP) is -0.380. The minimum absolute atomic E-state index is 0.0423. The van der Waals surface area contributed by atoms with Gasteiger partial charge in [-0.15, -0.1) is 23.1 Å². The van der Waals surface area contributed by atoms with E-state index < -0.39 is 42.0 Å². The molecule has 3 rings (SSSR count). The number of nitrogen functional groups attached to an aromatic ring is 1. The summed E-state index contributed by atoms with van der Waals surface area (Å²) in [7, 11) is 1.86. The number of β-lactam (4-membered cyclic amide) rings is 1. The van der Waals surface area contributed by atoms with E-state index in [1.54, 1.807) is 12.2 Å². The fraction of sp³-hybridized carbons (Fsp3) is 0.429. The second kappa shape index (κ2) is 11.7. The molecule has 0 aliphatic carbocycles. The number of amides is 3. The first-order valence-electron chi connectivity index (χ1n) is 11.0. The third-order valence-electron chi connectivity index (χ3n) is 5.84. The smallest absolute Gasteiger partial charge is 0.352 e. The first-order valence-corrected chi connectivity index (χ1v) is 12.9. The third-order valence-corrected chi connectivity index (χ3v) is 7.81. The summed E-state index contributed by atoms with van der Waals surface area (Å²) in [6, 6.07) is -1.04. The van der Waals surface area contributed by atoms with Crippen LogP contribution in [0, 0.1) is 0 Å². The molecule has 200 valence electrons. The van der Waals surface area contributed by atoms with Crippen molar-refractivity contribution in [3.05, 3.63) is 34.5 Å². The first-order chi connectivity index (χ1) is 17.5. The lowest BCUT2D eigenvalue weighted by molar-refractivity contribution is -0.894. The molecule has 1 saturated heterocycles. The number of quaternary nitrogens is 1. The number of carbonyl (C=O) groups excluding carboxylic acids is 3. The molecule has 3 heterocycles. The Morgan fingerprint density at radius 1 is 1.46 bits per heavy atom. The number of hydrogen-bond donors (Lipinski definition) is 4. The number of aliphatic carboxylic acids is 1. The van der Waals surface area contributed by atoms with Gasteiger partial charge in [0.2, 0.25) is 0 Å². The van der Waals surface area contributed by atoms with Crippen LogP contribution in [0.5, 0.6) is 0 Å². The molecular formula is C21H27FN7O6S2+. The number of alkyl halides is 1. The van der Waals surface area contributed by atoms with Crippen molar-refractivity contribution < 1.29 is 38.0 Å². The summed E-state index contributed by atoms with van der Waals surface area (Å²) >= 11 is 2.31. The van der Waals surface area contributed by atoms with E-state index in [9.17, 15) is 28.7 Å². The van der Waals surface area contributed by atoms with Crippen molar-refractivity contribution in [3.63, 3.8) is 0 Å². The fourth-order valence-corrected chi connectivity index (χ4v) is 5.67.